The Kier molecular flexibility index (Phi) is 9.37. The Labute approximate surface area is 253 Å². The number of hydrogen-bond donors (Lipinski definition) is 2. The number of unbranched alkanes of at least 4 members (excludes halogenated alkanes) is 1. The predicted molar refractivity (Wildman–Crippen MR) is 158 cm³/mol. The molecular formula is C27H26FN5O7S3. The van der Waals surface area contributed by atoms with Gasteiger partial charge in [0.2, 0.25) is 17.7 Å². The number of benzene rings is 2. The molecule has 16 heteroatoms. The Morgan fingerprint density at radius 1 is 1.19 bits per heavy atom. The highest BCUT2D eigenvalue weighted by atomic mass is 32.2. The van der Waals surface area contributed by atoms with Gasteiger partial charge in [-0.15, -0.1) is 21.5 Å². The molecule has 1 aliphatic rings. The van der Waals surface area contributed by atoms with Gasteiger partial charge in [0.1, 0.15) is 15.8 Å². The van der Waals surface area contributed by atoms with Crippen molar-refractivity contribution >= 4 is 60.4 Å². The number of thiazole rings is 1. The van der Waals surface area contributed by atoms with E-state index in [0.717, 1.165) is 35.1 Å². The average Bonchev–Trinajstić information content (AvgIpc) is 3.68. The minimum Gasteiger partial charge on any atom is -0.450 e. The summed E-state index contributed by atoms with van der Waals surface area (Å²) in [4.78, 5) is 39.8. The molecule has 226 valence electrons. The van der Waals surface area contributed by atoms with E-state index in [9.17, 15) is 22.8 Å². The number of amides is 3. The van der Waals surface area contributed by atoms with Crippen molar-refractivity contribution < 1.29 is 36.3 Å². The maximum absolute atomic E-state index is 15.2. The van der Waals surface area contributed by atoms with Gasteiger partial charge in [-0.05, 0) is 29.7 Å². The van der Waals surface area contributed by atoms with Crippen LogP contribution >= 0.6 is 23.1 Å². The summed E-state index contributed by atoms with van der Waals surface area (Å²) >= 11 is 1.73. The summed E-state index contributed by atoms with van der Waals surface area (Å²) in [6, 6.07) is 12.2. The normalized spacial score (nSPS) is 15.9. The molecule has 2 unspecified atom stereocenters. The van der Waals surface area contributed by atoms with E-state index in [1.165, 1.54) is 6.07 Å². The quantitative estimate of drug-likeness (QED) is 0.209. The largest absolute Gasteiger partial charge is 0.450 e. The molecule has 3 heterocycles. The van der Waals surface area contributed by atoms with Crippen LogP contribution in [-0.2, 0) is 25.8 Å². The number of carbonyl (C=O) groups is 3. The summed E-state index contributed by atoms with van der Waals surface area (Å²) in [5, 5.41) is 9.49. The van der Waals surface area contributed by atoms with Crippen molar-refractivity contribution in [3.8, 4) is 11.1 Å². The van der Waals surface area contributed by atoms with E-state index in [-0.39, 0.29) is 41.9 Å². The Morgan fingerprint density at radius 3 is 2.70 bits per heavy atom. The number of aromatic nitrogens is 3. The van der Waals surface area contributed by atoms with Crippen molar-refractivity contribution in [2.24, 2.45) is 0 Å². The van der Waals surface area contributed by atoms with Crippen molar-refractivity contribution in [1.82, 2.24) is 25.8 Å². The van der Waals surface area contributed by atoms with Crippen molar-refractivity contribution in [3.63, 3.8) is 0 Å². The number of sulfone groups is 1. The summed E-state index contributed by atoms with van der Waals surface area (Å²) in [5.74, 6) is -2.09. The topological polar surface area (TPSA) is 170 Å². The number of ether oxygens (including phenoxy) is 1. The van der Waals surface area contributed by atoms with Gasteiger partial charge in [0.25, 0.3) is 5.24 Å². The number of carbonyl (C=O) groups excluding carboxylic acids is 3. The molecule has 0 spiro atoms. The lowest BCUT2D eigenvalue weighted by Gasteiger charge is -2.12. The lowest BCUT2D eigenvalue weighted by molar-refractivity contribution is -0.119. The zero-order valence-corrected chi connectivity index (χ0v) is 25.2. The molecule has 0 saturated carbocycles. The third-order valence-electron chi connectivity index (χ3n) is 6.38. The second-order valence-corrected chi connectivity index (χ2v) is 14.0. The van der Waals surface area contributed by atoms with Gasteiger partial charge >= 0.3 is 6.09 Å². The highest BCUT2D eigenvalue weighted by Gasteiger charge is 2.38. The number of fused-ring (bicyclic) bond motifs is 1. The first-order valence-corrected chi connectivity index (χ1v) is 16.7. The molecule has 1 aliphatic heterocycles. The molecular weight excluding hydrogens is 622 g/mol. The first-order chi connectivity index (χ1) is 20.6. The molecule has 12 nitrogen and oxygen atoms in total. The molecule has 4 aromatic rings. The minimum absolute atomic E-state index is 0.0111. The van der Waals surface area contributed by atoms with Gasteiger partial charge in [0.15, 0.2) is 20.9 Å². The molecule has 0 radical (unpaired) electrons. The minimum atomic E-state index is -4.19. The molecule has 5 rings (SSSR count). The third-order valence-corrected chi connectivity index (χ3v) is 10.5. The number of imide groups is 1. The zero-order valence-electron chi connectivity index (χ0n) is 22.7. The van der Waals surface area contributed by atoms with E-state index in [2.05, 4.69) is 25.8 Å². The Bertz CT molecular complexity index is 1760. The zero-order chi connectivity index (χ0) is 30.6. The first-order valence-electron chi connectivity index (χ1n) is 13.3. The molecule has 2 N–H and O–H groups in total. The monoisotopic (exact) mass is 647 g/mol. The fourth-order valence-electron chi connectivity index (χ4n) is 4.24. The lowest BCUT2D eigenvalue weighted by atomic mass is 10.1. The highest BCUT2D eigenvalue weighted by molar-refractivity contribution is 8.15. The van der Waals surface area contributed by atoms with Crippen LogP contribution in [0.1, 0.15) is 41.8 Å². The van der Waals surface area contributed by atoms with E-state index < -0.39 is 49.1 Å². The SMILES string of the molecule is CCCCOC(=O)NCCS(=O)(=O)C(c1nnc(CC2SC(=O)NC2=O)o1)c1nc2c(F)cc(-c3ccccc3)cc2s1. The summed E-state index contributed by atoms with van der Waals surface area (Å²) in [6.45, 7) is 1.87. The van der Waals surface area contributed by atoms with Gasteiger partial charge in [0.05, 0.1) is 17.1 Å². The van der Waals surface area contributed by atoms with E-state index in [1.807, 2.05) is 37.3 Å². The van der Waals surface area contributed by atoms with Crippen LogP contribution in [0.25, 0.3) is 21.3 Å². The molecule has 3 amide bonds. The fraction of sp³-hybridized carbons (Fsp3) is 0.333. The molecule has 0 aliphatic carbocycles. The summed E-state index contributed by atoms with van der Waals surface area (Å²) in [5.41, 5.74) is 1.34. The highest BCUT2D eigenvalue weighted by Crippen LogP contribution is 2.38. The summed E-state index contributed by atoms with van der Waals surface area (Å²) in [7, 11) is -4.19. The molecule has 2 aromatic heterocycles. The van der Waals surface area contributed by atoms with Gasteiger partial charge in [-0.1, -0.05) is 55.4 Å². The van der Waals surface area contributed by atoms with E-state index in [4.69, 9.17) is 9.15 Å². The van der Waals surface area contributed by atoms with Gasteiger partial charge in [0, 0.05) is 13.0 Å². The maximum Gasteiger partial charge on any atom is 0.407 e. The van der Waals surface area contributed by atoms with E-state index in [1.54, 1.807) is 6.07 Å². The van der Waals surface area contributed by atoms with E-state index in [0.29, 0.717) is 16.7 Å². The van der Waals surface area contributed by atoms with Crippen LogP contribution in [0.2, 0.25) is 0 Å². The number of nitrogens with zero attached hydrogens (tertiary/aromatic N) is 3. The Morgan fingerprint density at radius 2 is 1.98 bits per heavy atom. The second-order valence-electron chi connectivity index (χ2n) is 9.51. The predicted octanol–water partition coefficient (Wildman–Crippen LogP) is 4.41. The third kappa shape index (κ3) is 7.19. The van der Waals surface area contributed by atoms with Crippen LogP contribution in [0.4, 0.5) is 14.0 Å². The smallest absolute Gasteiger partial charge is 0.407 e. The van der Waals surface area contributed by atoms with Crippen molar-refractivity contribution in [3.05, 3.63) is 65.1 Å². The van der Waals surface area contributed by atoms with Gasteiger partial charge in [-0.25, -0.2) is 22.6 Å². The number of nitrogens with one attached hydrogen (secondary N) is 2. The first kappa shape index (κ1) is 30.6. The van der Waals surface area contributed by atoms with Crippen LogP contribution in [0.3, 0.4) is 0 Å². The molecule has 1 saturated heterocycles. The van der Waals surface area contributed by atoms with Crippen molar-refractivity contribution in [2.75, 3.05) is 18.9 Å². The van der Waals surface area contributed by atoms with Crippen LogP contribution in [0.15, 0.2) is 46.9 Å². The summed E-state index contributed by atoms with van der Waals surface area (Å²) < 4.78 is 53.8. The van der Waals surface area contributed by atoms with Gasteiger partial charge < -0.3 is 14.5 Å². The van der Waals surface area contributed by atoms with Gasteiger partial charge in [-0.2, -0.15) is 0 Å². The van der Waals surface area contributed by atoms with Crippen LogP contribution in [0, 0.1) is 5.82 Å². The molecule has 43 heavy (non-hydrogen) atoms. The van der Waals surface area contributed by atoms with Crippen LogP contribution < -0.4 is 10.6 Å². The van der Waals surface area contributed by atoms with Crippen molar-refractivity contribution in [1.29, 1.82) is 0 Å². The number of rotatable bonds is 12. The number of hydrogen-bond acceptors (Lipinski definition) is 12. The average molecular weight is 648 g/mol. The number of thioether (sulfide) groups is 1. The Hall–Kier alpha value is -3.89. The fourth-order valence-corrected chi connectivity index (χ4v) is 8.02. The standard InChI is InChI=1S/C27H26FN5O7S3/c1-2-3-10-39-26(35)29-9-11-43(37,38)22(24-33-32-20(40-24)14-19-23(34)31-27(36)42-19)25-30-21-17(28)12-16(13-18(21)41-25)15-7-5-4-6-8-15/h4-8,12-13,19,22H,2-3,9-11,14H2,1H3,(H,29,35)(H,31,34,36). The maximum atomic E-state index is 15.2. The molecule has 1 fully saturated rings. The van der Waals surface area contributed by atoms with Crippen molar-refractivity contribution in [2.45, 2.75) is 36.7 Å². The lowest BCUT2D eigenvalue weighted by Crippen LogP contribution is -2.31. The van der Waals surface area contributed by atoms with E-state index >= 15 is 4.39 Å². The molecule has 2 atom stereocenters. The van der Waals surface area contributed by atoms with Gasteiger partial charge in [-0.3, -0.25) is 14.9 Å². The number of halogens is 1. The second kappa shape index (κ2) is 13.2. The molecule has 0 bridgehead atoms. The number of alkyl carbamates (subject to hydrolysis) is 1. The molecule has 2 aromatic carbocycles. The van der Waals surface area contributed by atoms with Crippen LogP contribution in [0.5, 0.6) is 0 Å². The van der Waals surface area contributed by atoms with Crippen LogP contribution in [-0.4, -0.2) is 65.0 Å². The Balaban J connectivity index is 1.46. The summed E-state index contributed by atoms with van der Waals surface area (Å²) in [6.07, 6.45) is 0.633.